The maximum absolute atomic E-state index is 13.0. The Morgan fingerprint density at radius 1 is 1.10 bits per heavy atom. The fourth-order valence-electron chi connectivity index (χ4n) is 7.64. The summed E-state index contributed by atoms with van der Waals surface area (Å²) in [5.41, 5.74) is 1.66. The molecule has 4 rings (SSSR count). The summed E-state index contributed by atoms with van der Waals surface area (Å²) < 4.78 is 0. The molecule has 3 amide bonds. The van der Waals surface area contributed by atoms with E-state index in [9.17, 15) is 14.4 Å². The highest BCUT2D eigenvalue weighted by Gasteiger charge is 2.57. The Bertz CT molecular complexity index is 770. The molecule has 6 atom stereocenters. The van der Waals surface area contributed by atoms with Crippen LogP contribution >= 0.6 is 0 Å². The van der Waals surface area contributed by atoms with Gasteiger partial charge in [-0.1, -0.05) is 25.8 Å². The van der Waals surface area contributed by atoms with Crippen LogP contribution in [0.5, 0.6) is 0 Å². The van der Waals surface area contributed by atoms with E-state index in [-0.39, 0.29) is 11.2 Å². The van der Waals surface area contributed by atoms with Crippen LogP contribution in [0, 0.1) is 34.5 Å². The SMILES string of the molecule is CCN(CC)C(=O)NC(=O)C1C[C@@]2(C)C(=CC1=O)CC[C@@H]1[C@H]2CC[C@]2(C)CCC[C@@H]12. The molecule has 4 aliphatic carbocycles. The molecular weight excluding hydrogens is 376 g/mol. The van der Waals surface area contributed by atoms with Gasteiger partial charge in [0.1, 0.15) is 5.92 Å². The van der Waals surface area contributed by atoms with E-state index in [2.05, 4.69) is 19.2 Å². The van der Waals surface area contributed by atoms with Crippen molar-refractivity contribution >= 4 is 17.7 Å². The zero-order valence-corrected chi connectivity index (χ0v) is 19.1. The van der Waals surface area contributed by atoms with E-state index in [1.165, 1.54) is 44.1 Å². The van der Waals surface area contributed by atoms with Gasteiger partial charge in [-0.3, -0.25) is 14.9 Å². The van der Waals surface area contributed by atoms with Crippen LogP contribution in [-0.2, 0) is 9.59 Å². The quantitative estimate of drug-likeness (QED) is 0.680. The molecule has 0 aromatic carbocycles. The minimum atomic E-state index is -0.742. The monoisotopic (exact) mass is 414 g/mol. The molecule has 0 heterocycles. The molecule has 166 valence electrons. The molecule has 0 aromatic heterocycles. The van der Waals surface area contributed by atoms with Crippen molar-refractivity contribution in [2.24, 2.45) is 34.5 Å². The van der Waals surface area contributed by atoms with Gasteiger partial charge in [-0.15, -0.1) is 0 Å². The number of amides is 3. The number of rotatable bonds is 3. The van der Waals surface area contributed by atoms with Crippen LogP contribution in [0.15, 0.2) is 11.6 Å². The number of urea groups is 1. The number of imide groups is 1. The first-order chi connectivity index (χ1) is 14.2. The third-order valence-corrected chi connectivity index (χ3v) is 9.40. The minimum Gasteiger partial charge on any atom is -0.325 e. The second-order valence-corrected chi connectivity index (χ2v) is 10.7. The molecule has 0 spiro atoms. The first kappa shape index (κ1) is 21.6. The van der Waals surface area contributed by atoms with E-state index in [0.717, 1.165) is 12.3 Å². The number of fused-ring (bicyclic) bond motifs is 5. The van der Waals surface area contributed by atoms with Crippen LogP contribution < -0.4 is 5.32 Å². The van der Waals surface area contributed by atoms with E-state index in [0.29, 0.717) is 36.8 Å². The standard InChI is InChI=1S/C25H38N2O3/c1-5-27(6-2)23(30)26-22(29)18-15-25(4)16(14-21(18)28)9-10-17-19-8-7-12-24(19,3)13-11-20(17)25/h14,17-20H,5-13,15H2,1-4H3,(H,26,29,30)/t17-,18?,19-,20+,24-,25-/m0/s1. The Morgan fingerprint density at radius 2 is 1.83 bits per heavy atom. The summed E-state index contributed by atoms with van der Waals surface area (Å²) in [6.45, 7) is 9.65. The summed E-state index contributed by atoms with van der Waals surface area (Å²) in [5, 5.41) is 2.51. The van der Waals surface area contributed by atoms with Crippen molar-refractivity contribution in [1.82, 2.24) is 10.2 Å². The predicted octanol–water partition coefficient (Wildman–Crippen LogP) is 4.71. The number of carbonyl (C=O) groups is 3. The van der Waals surface area contributed by atoms with Gasteiger partial charge in [-0.25, -0.2) is 4.79 Å². The predicted molar refractivity (Wildman–Crippen MR) is 117 cm³/mol. The number of ketones is 1. The van der Waals surface area contributed by atoms with Crippen molar-refractivity contribution < 1.29 is 14.4 Å². The van der Waals surface area contributed by atoms with E-state index in [1.807, 2.05) is 13.8 Å². The van der Waals surface area contributed by atoms with Gasteiger partial charge in [0, 0.05) is 13.1 Å². The summed E-state index contributed by atoms with van der Waals surface area (Å²) in [6, 6.07) is -0.390. The molecule has 0 aromatic rings. The molecule has 5 heteroatoms. The summed E-state index contributed by atoms with van der Waals surface area (Å²) in [6.07, 6.45) is 11.0. The minimum absolute atomic E-state index is 0.0962. The van der Waals surface area contributed by atoms with E-state index >= 15 is 0 Å². The second kappa shape index (κ2) is 7.80. The molecule has 1 N–H and O–H groups in total. The second-order valence-electron chi connectivity index (χ2n) is 10.7. The third kappa shape index (κ3) is 3.33. The summed E-state index contributed by atoms with van der Waals surface area (Å²) in [7, 11) is 0. The summed E-state index contributed by atoms with van der Waals surface area (Å²) in [4.78, 5) is 39.8. The van der Waals surface area contributed by atoms with E-state index in [1.54, 1.807) is 11.0 Å². The lowest BCUT2D eigenvalue weighted by molar-refractivity contribution is -0.135. The third-order valence-electron chi connectivity index (χ3n) is 9.40. The van der Waals surface area contributed by atoms with Gasteiger partial charge in [0.2, 0.25) is 5.91 Å². The molecule has 30 heavy (non-hydrogen) atoms. The fraction of sp³-hybridized carbons (Fsp3) is 0.800. The van der Waals surface area contributed by atoms with Gasteiger partial charge in [0.05, 0.1) is 0 Å². The number of hydrogen-bond donors (Lipinski definition) is 1. The molecule has 0 saturated heterocycles. The van der Waals surface area contributed by atoms with Crippen molar-refractivity contribution in [2.75, 3.05) is 13.1 Å². The Kier molecular flexibility index (Phi) is 5.61. The average Bonchev–Trinajstić information content (AvgIpc) is 3.10. The van der Waals surface area contributed by atoms with Crippen LogP contribution in [0.25, 0.3) is 0 Å². The van der Waals surface area contributed by atoms with Gasteiger partial charge < -0.3 is 4.90 Å². The Morgan fingerprint density at radius 3 is 2.53 bits per heavy atom. The Labute approximate surface area is 181 Å². The first-order valence-corrected chi connectivity index (χ1v) is 12.1. The van der Waals surface area contributed by atoms with Crippen LogP contribution in [0.4, 0.5) is 4.79 Å². The molecule has 0 bridgehead atoms. The van der Waals surface area contributed by atoms with Crippen LogP contribution in [0.3, 0.4) is 0 Å². The highest BCUT2D eigenvalue weighted by Crippen LogP contribution is 2.65. The Hall–Kier alpha value is -1.65. The lowest BCUT2D eigenvalue weighted by Crippen LogP contribution is -2.53. The van der Waals surface area contributed by atoms with Crippen molar-refractivity contribution in [1.29, 1.82) is 0 Å². The van der Waals surface area contributed by atoms with Gasteiger partial charge >= 0.3 is 6.03 Å². The van der Waals surface area contributed by atoms with Gasteiger partial charge in [-0.05, 0) is 93.5 Å². The van der Waals surface area contributed by atoms with Crippen molar-refractivity contribution in [3.05, 3.63) is 11.6 Å². The summed E-state index contributed by atoms with van der Waals surface area (Å²) in [5.74, 6) is 0.778. The molecule has 3 saturated carbocycles. The number of allylic oxidation sites excluding steroid dienone is 1. The molecule has 4 aliphatic rings. The number of hydrogen-bond acceptors (Lipinski definition) is 3. The first-order valence-electron chi connectivity index (χ1n) is 12.1. The highest BCUT2D eigenvalue weighted by molar-refractivity contribution is 6.11. The smallest absolute Gasteiger partial charge is 0.324 e. The number of nitrogens with one attached hydrogen (secondary N) is 1. The van der Waals surface area contributed by atoms with Gasteiger partial charge in [-0.2, -0.15) is 0 Å². The fourth-order valence-corrected chi connectivity index (χ4v) is 7.64. The van der Waals surface area contributed by atoms with Crippen molar-refractivity contribution in [3.8, 4) is 0 Å². The summed E-state index contributed by atoms with van der Waals surface area (Å²) >= 11 is 0. The maximum Gasteiger partial charge on any atom is 0.324 e. The van der Waals surface area contributed by atoms with E-state index < -0.39 is 17.9 Å². The lowest BCUT2D eigenvalue weighted by Gasteiger charge is -2.58. The van der Waals surface area contributed by atoms with Gasteiger partial charge in [0.25, 0.3) is 0 Å². The van der Waals surface area contributed by atoms with Crippen LogP contribution in [0.2, 0.25) is 0 Å². The molecular formula is C25H38N2O3. The molecule has 1 unspecified atom stereocenters. The Balaban J connectivity index is 1.55. The topological polar surface area (TPSA) is 66.5 Å². The largest absolute Gasteiger partial charge is 0.325 e. The number of carbonyl (C=O) groups excluding carboxylic acids is 3. The average molecular weight is 415 g/mol. The molecule has 3 fully saturated rings. The lowest BCUT2D eigenvalue weighted by atomic mass is 9.47. The maximum atomic E-state index is 13.0. The van der Waals surface area contributed by atoms with Crippen molar-refractivity contribution in [3.63, 3.8) is 0 Å². The zero-order chi connectivity index (χ0) is 21.7. The molecule has 0 aliphatic heterocycles. The van der Waals surface area contributed by atoms with E-state index in [4.69, 9.17) is 0 Å². The van der Waals surface area contributed by atoms with Crippen molar-refractivity contribution in [2.45, 2.75) is 79.1 Å². The molecule has 0 radical (unpaired) electrons. The highest BCUT2D eigenvalue weighted by atomic mass is 16.2. The van der Waals surface area contributed by atoms with Gasteiger partial charge in [0.15, 0.2) is 5.78 Å². The number of nitrogens with zero attached hydrogens (tertiary/aromatic N) is 1. The van der Waals surface area contributed by atoms with Crippen LogP contribution in [0.1, 0.15) is 79.1 Å². The van der Waals surface area contributed by atoms with Crippen LogP contribution in [-0.4, -0.2) is 35.7 Å². The zero-order valence-electron chi connectivity index (χ0n) is 19.1. The molecule has 5 nitrogen and oxygen atoms in total. The normalized spacial score (nSPS) is 40.0.